The molecule has 0 bridgehead atoms. The summed E-state index contributed by atoms with van der Waals surface area (Å²) in [5, 5.41) is 3.15. The van der Waals surface area contributed by atoms with Gasteiger partial charge in [-0.3, -0.25) is 4.79 Å². The Hall–Kier alpha value is -0.220. The highest BCUT2D eigenvalue weighted by Crippen LogP contribution is 2.32. The molecule has 1 fully saturated rings. The molecule has 1 aliphatic rings. The molecule has 0 aromatic carbocycles. The maximum atomic E-state index is 11.6. The van der Waals surface area contributed by atoms with Crippen LogP contribution in [0.2, 0.25) is 0 Å². The molecule has 0 radical (unpaired) electrons. The van der Waals surface area contributed by atoms with Crippen LogP contribution in [0.4, 0.5) is 0 Å². The first-order valence-electron chi connectivity index (χ1n) is 5.64. The maximum Gasteiger partial charge on any atom is 0.230 e. The predicted molar refractivity (Wildman–Crippen MR) is 65.9 cm³/mol. The Kier molecular flexibility index (Phi) is 4.93. The van der Waals surface area contributed by atoms with E-state index in [0.29, 0.717) is 18.2 Å². The fraction of sp³-hybridized carbons (Fsp3) is 0.909. The van der Waals surface area contributed by atoms with Crippen molar-refractivity contribution in [3.63, 3.8) is 0 Å². The average molecular weight is 230 g/mol. The van der Waals surface area contributed by atoms with Crippen LogP contribution in [0.1, 0.15) is 32.6 Å². The average Bonchev–Trinajstić information content (AvgIpc) is 2.22. The van der Waals surface area contributed by atoms with Crippen molar-refractivity contribution in [2.24, 2.45) is 11.7 Å². The van der Waals surface area contributed by atoms with E-state index in [0.717, 1.165) is 6.42 Å². The first kappa shape index (κ1) is 12.8. The minimum Gasteiger partial charge on any atom is -0.348 e. The molecule has 3 nitrogen and oxygen atoms in total. The monoisotopic (exact) mass is 230 g/mol. The molecule has 0 spiro atoms. The number of hydrogen-bond donors (Lipinski definition) is 2. The van der Waals surface area contributed by atoms with Gasteiger partial charge in [-0.15, -0.1) is 0 Å². The summed E-state index contributed by atoms with van der Waals surface area (Å²) in [5.74, 6) is 1.16. The number of thioether (sulfide) groups is 1. The summed E-state index contributed by atoms with van der Waals surface area (Å²) < 4.78 is 0. The lowest BCUT2D eigenvalue weighted by atomic mass is 9.73. The Morgan fingerprint density at radius 3 is 2.87 bits per heavy atom. The molecule has 88 valence electrons. The highest BCUT2D eigenvalue weighted by molar-refractivity contribution is 7.99. The minimum atomic E-state index is -0.134. The van der Waals surface area contributed by atoms with Gasteiger partial charge in [0, 0.05) is 6.54 Å². The summed E-state index contributed by atoms with van der Waals surface area (Å²) >= 11 is 1.56. The van der Waals surface area contributed by atoms with E-state index >= 15 is 0 Å². The van der Waals surface area contributed by atoms with Gasteiger partial charge in [-0.25, -0.2) is 0 Å². The van der Waals surface area contributed by atoms with Crippen molar-refractivity contribution in [1.82, 2.24) is 5.32 Å². The summed E-state index contributed by atoms with van der Waals surface area (Å²) in [5.41, 5.74) is 5.72. The van der Waals surface area contributed by atoms with E-state index in [1.807, 2.05) is 6.26 Å². The fourth-order valence-electron chi connectivity index (χ4n) is 2.40. The Labute approximate surface area is 96.6 Å². The molecule has 0 heterocycles. The van der Waals surface area contributed by atoms with Crippen molar-refractivity contribution in [1.29, 1.82) is 0 Å². The first-order valence-corrected chi connectivity index (χ1v) is 7.04. The van der Waals surface area contributed by atoms with E-state index in [4.69, 9.17) is 5.73 Å². The predicted octanol–water partition coefficient (Wildman–Crippen LogP) is 1.37. The van der Waals surface area contributed by atoms with E-state index in [9.17, 15) is 4.79 Å². The van der Waals surface area contributed by atoms with Gasteiger partial charge in [0.15, 0.2) is 0 Å². The number of carbonyl (C=O) groups excluding carboxylic acids is 1. The third-order valence-corrected chi connectivity index (χ3v) is 4.03. The van der Waals surface area contributed by atoms with Crippen molar-refractivity contribution in [2.75, 3.05) is 18.6 Å². The van der Waals surface area contributed by atoms with Gasteiger partial charge in [0.2, 0.25) is 5.91 Å². The van der Waals surface area contributed by atoms with Crippen LogP contribution in [0.15, 0.2) is 0 Å². The number of hydrogen-bond acceptors (Lipinski definition) is 3. The zero-order valence-electron chi connectivity index (χ0n) is 9.71. The van der Waals surface area contributed by atoms with E-state index in [-0.39, 0.29) is 11.4 Å². The number of carbonyl (C=O) groups is 1. The van der Waals surface area contributed by atoms with Crippen LogP contribution in [0, 0.1) is 5.92 Å². The van der Waals surface area contributed by atoms with Crippen molar-refractivity contribution in [2.45, 2.75) is 38.1 Å². The molecule has 0 aromatic heterocycles. The molecule has 3 N–H and O–H groups in total. The molecule has 1 rings (SSSR count). The van der Waals surface area contributed by atoms with E-state index < -0.39 is 0 Å². The molecule has 15 heavy (non-hydrogen) atoms. The number of nitrogens with one attached hydrogen (secondary N) is 1. The van der Waals surface area contributed by atoms with Gasteiger partial charge in [-0.05, 0) is 25.0 Å². The fourth-order valence-corrected chi connectivity index (χ4v) is 2.73. The van der Waals surface area contributed by atoms with Gasteiger partial charge in [0.1, 0.15) is 0 Å². The van der Waals surface area contributed by atoms with Crippen molar-refractivity contribution < 1.29 is 4.79 Å². The Morgan fingerprint density at radius 1 is 1.60 bits per heavy atom. The third-order valence-electron chi connectivity index (χ3n) is 3.48. The lowest BCUT2D eigenvalue weighted by Gasteiger charge is -2.42. The maximum absolute atomic E-state index is 11.6. The van der Waals surface area contributed by atoms with Crippen molar-refractivity contribution >= 4 is 17.7 Å². The quantitative estimate of drug-likeness (QED) is 0.767. The smallest absolute Gasteiger partial charge is 0.230 e. The normalized spacial score (nSPS) is 31.3. The summed E-state index contributed by atoms with van der Waals surface area (Å²) in [6.07, 6.45) is 6.60. The van der Waals surface area contributed by atoms with E-state index in [1.165, 1.54) is 19.3 Å². The molecular weight excluding hydrogens is 208 g/mol. The Bertz CT molecular complexity index is 223. The molecule has 0 aliphatic heterocycles. The summed E-state index contributed by atoms with van der Waals surface area (Å²) in [6.45, 7) is 2.76. The van der Waals surface area contributed by atoms with Crippen molar-refractivity contribution in [3.05, 3.63) is 0 Å². The van der Waals surface area contributed by atoms with Gasteiger partial charge in [0.05, 0.1) is 11.3 Å². The molecule has 2 atom stereocenters. The molecule has 1 saturated carbocycles. The van der Waals surface area contributed by atoms with Crippen LogP contribution in [0.25, 0.3) is 0 Å². The summed E-state index contributed by atoms with van der Waals surface area (Å²) in [6, 6.07) is 0. The van der Waals surface area contributed by atoms with Gasteiger partial charge < -0.3 is 11.1 Å². The molecule has 0 saturated heterocycles. The zero-order valence-corrected chi connectivity index (χ0v) is 10.5. The van der Waals surface area contributed by atoms with Gasteiger partial charge >= 0.3 is 0 Å². The zero-order chi connectivity index (χ0) is 11.3. The summed E-state index contributed by atoms with van der Waals surface area (Å²) in [7, 11) is 0. The largest absolute Gasteiger partial charge is 0.348 e. The highest BCUT2D eigenvalue weighted by Gasteiger charge is 2.37. The van der Waals surface area contributed by atoms with Crippen molar-refractivity contribution in [3.8, 4) is 0 Å². The minimum absolute atomic E-state index is 0.127. The van der Waals surface area contributed by atoms with Crippen LogP contribution in [-0.4, -0.2) is 30.0 Å². The number of nitrogens with two attached hydrogens (primary N) is 1. The second-order valence-electron chi connectivity index (χ2n) is 4.49. The molecule has 0 aromatic rings. The molecular formula is C11H22N2OS. The number of amides is 1. The molecule has 1 amide bonds. The van der Waals surface area contributed by atoms with Crippen LogP contribution < -0.4 is 11.1 Å². The Balaban J connectivity index is 2.61. The topological polar surface area (TPSA) is 55.1 Å². The Morgan fingerprint density at radius 2 is 2.33 bits per heavy atom. The van der Waals surface area contributed by atoms with E-state index in [1.54, 1.807) is 11.8 Å². The lowest BCUT2D eigenvalue weighted by Crippen LogP contribution is -2.59. The highest BCUT2D eigenvalue weighted by atomic mass is 32.2. The SMILES string of the molecule is CSCC(=O)NC1(CN)CCCCC1C. The van der Waals surface area contributed by atoms with Crippen LogP contribution in [0.5, 0.6) is 0 Å². The standard InChI is InChI=1S/C11H22N2OS/c1-9-5-3-4-6-11(9,8-12)13-10(14)7-15-2/h9H,3-8,12H2,1-2H3,(H,13,14). The van der Waals surface area contributed by atoms with Gasteiger partial charge in [0.25, 0.3) is 0 Å². The third kappa shape index (κ3) is 3.11. The second-order valence-corrected chi connectivity index (χ2v) is 5.35. The lowest BCUT2D eigenvalue weighted by molar-refractivity contribution is -0.121. The molecule has 2 unspecified atom stereocenters. The van der Waals surface area contributed by atoms with Crippen LogP contribution >= 0.6 is 11.8 Å². The number of rotatable bonds is 4. The van der Waals surface area contributed by atoms with Crippen LogP contribution in [-0.2, 0) is 4.79 Å². The van der Waals surface area contributed by atoms with E-state index in [2.05, 4.69) is 12.2 Å². The first-order chi connectivity index (χ1) is 7.14. The summed E-state index contributed by atoms with van der Waals surface area (Å²) in [4.78, 5) is 11.6. The van der Waals surface area contributed by atoms with Gasteiger partial charge in [-0.1, -0.05) is 19.8 Å². The molecule has 1 aliphatic carbocycles. The van der Waals surface area contributed by atoms with Gasteiger partial charge in [-0.2, -0.15) is 11.8 Å². The van der Waals surface area contributed by atoms with Crippen LogP contribution in [0.3, 0.4) is 0 Å². The second kappa shape index (κ2) is 5.75. The molecule has 4 heteroatoms.